The number of fused-ring (bicyclic) bond motifs is 1. The molecule has 0 saturated carbocycles. The minimum Gasteiger partial charge on any atom is -0.497 e. The second-order valence-corrected chi connectivity index (χ2v) is 4.82. The van der Waals surface area contributed by atoms with Crippen LogP contribution < -0.4 is 4.74 Å². The van der Waals surface area contributed by atoms with Crippen LogP contribution in [0.15, 0.2) is 42.5 Å². The minimum absolute atomic E-state index is 0.0651. The van der Waals surface area contributed by atoms with E-state index in [1.54, 1.807) is 7.11 Å². The Balaban J connectivity index is 1.80. The summed E-state index contributed by atoms with van der Waals surface area (Å²) in [6.45, 7) is 2.01. The lowest BCUT2D eigenvalue weighted by atomic mass is 10.1. The van der Waals surface area contributed by atoms with E-state index in [0.717, 1.165) is 11.3 Å². The number of hydrogen-bond donors (Lipinski definition) is 0. The molecule has 1 aliphatic heterocycles. The van der Waals surface area contributed by atoms with Gasteiger partial charge in [-0.2, -0.15) is 0 Å². The maximum absolute atomic E-state index is 5.59. The highest BCUT2D eigenvalue weighted by molar-refractivity contribution is 5.86. The van der Waals surface area contributed by atoms with E-state index in [4.69, 9.17) is 14.2 Å². The maximum Gasteiger partial charge on any atom is 0.119 e. The monoisotopic (exact) mass is 270 g/mol. The fourth-order valence-corrected chi connectivity index (χ4v) is 2.31. The van der Waals surface area contributed by atoms with E-state index in [2.05, 4.69) is 36.4 Å². The molecule has 1 fully saturated rings. The SMILES string of the molecule is COc1ccc2cc(C=CC3COCCO3)ccc2c1. The molecule has 0 aromatic heterocycles. The standard InChI is InChI=1S/C17H18O3/c1-18-16-7-5-14-10-13(2-4-15(14)11-16)3-6-17-12-19-8-9-20-17/h2-7,10-11,17H,8-9,12H2,1H3. The zero-order valence-electron chi connectivity index (χ0n) is 11.5. The van der Waals surface area contributed by atoms with Crippen molar-refractivity contribution in [3.63, 3.8) is 0 Å². The molecule has 1 aliphatic rings. The van der Waals surface area contributed by atoms with Crippen molar-refractivity contribution in [2.75, 3.05) is 26.9 Å². The van der Waals surface area contributed by atoms with Crippen molar-refractivity contribution >= 4 is 16.8 Å². The maximum atomic E-state index is 5.59. The van der Waals surface area contributed by atoms with E-state index < -0.39 is 0 Å². The molecule has 1 heterocycles. The van der Waals surface area contributed by atoms with Gasteiger partial charge in [-0.3, -0.25) is 0 Å². The topological polar surface area (TPSA) is 27.7 Å². The van der Waals surface area contributed by atoms with Gasteiger partial charge in [0, 0.05) is 0 Å². The summed E-state index contributed by atoms with van der Waals surface area (Å²) in [4.78, 5) is 0. The molecule has 0 spiro atoms. The summed E-state index contributed by atoms with van der Waals surface area (Å²) in [5.74, 6) is 0.883. The van der Waals surface area contributed by atoms with E-state index in [-0.39, 0.29) is 6.10 Å². The molecule has 0 radical (unpaired) electrons. The van der Waals surface area contributed by atoms with Crippen molar-refractivity contribution in [3.8, 4) is 5.75 Å². The van der Waals surface area contributed by atoms with Crippen LogP contribution in [0, 0.1) is 0 Å². The van der Waals surface area contributed by atoms with Gasteiger partial charge in [-0.1, -0.05) is 30.4 Å². The number of hydrogen-bond acceptors (Lipinski definition) is 3. The molecule has 0 aliphatic carbocycles. The number of methoxy groups -OCH3 is 1. The van der Waals surface area contributed by atoms with Crippen LogP contribution in [0.2, 0.25) is 0 Å². The second kappa shape index (κ2) is 6.07. The first kappa shape index (κ1) is 13.2. The molecule has 1 atom stereocenters. The molecule has 2 aromatic rings. The van der Waals surface area contributed by atoms with E-state index >= 15 is 0 Å². The van der Waals surface area contributed by atoms with Crippen LogP contribution in [0.3, 0.4) is 0 Å². The van der Waals surface area contributed by atoms with E-state index in [9.17, 15) is 0 Å². The minimum atomic E-state index is 0.0651. The van der Waals surface area contributed by atoms with Gasteiger partial charge in [-0.05, 0) is 34.5 Å². The van der Waals surface area contributed by atoms with Gasteiger partial charge in [0.15, 0.2) is 0 Å². The summed E-state index contributed by atoms with van der Waals surface area (Å²) in [5, 5.41) is 2.38. The van der Waals surface area contributed by atoms with E-state index in [1.807, 2.05) is 12.1 Å². The Labute approximate surface area is 118 Å². The molecule has 0 amide bonds. The highest BCUT2D eigenvalue weighted by atomic mass is 16.6. The average Bonchev–Trinajstić information content (AvgIpc) is 2.53. The zero-order valence-corrected chi connectivity index (χ0v) is 11.5. The highest BCUT2D eigenvalue weighted by Crippen LogP contribution is 2.22. The lowest BCUT2D eigenvalue weighted by molar-refractivity contribution is -0.0672. The van der Waals surface area contributed by atoms with Crippen LogP contribution in [0.5, 0.6) is 5.75 Å². The molecule has 1 saturated heterocycles. The van der Waals surface area contributed by atoms with Crippen LogP contribution in [0.1, 0.15) is 5.56 Å². The fraction of sp³-hybridized carbons (Fsp3) is 0.294. The summed E-state index contributed by atoms with van der Waals surface area (Å²) in [6, 6.07) is 12.5. The van der Waals surface area contributed by atoms with Crippen LogP contribution in [-0.4, -0.2) is 33.0 Å². The van der Waals surface area contributed by atoms with E-state index in [0.29, 0.717) is 19.8 Å². The average molecular weight is 270 g/mol. The fourth-order valence-electron chi connectivity index (χ4n) is 2.31. The molecular formula is C17H18O3. The van der Waals surface area contributed by atoms with Crippen molar-refractivity contribution in [1.82, 2.24) is 0 Å². The Bertz CT molecular complexity index is 613. The first-order chi connectivity index (χ1) is 9.85. The van der Waals surface area contributed by atoms with Crippen molar-refractivity contribution in [3.05, 3.63) is 48.0 Å². The van der Waals surface area contributed by atoms with Crippen molar-refractivity contribution in [2.24, 2.45) is 0 Å². The Morgan fingerprint density at radius 2 is 1.95 bits per heavy atom. The predicted octanol–water partition coefficient (Wildman–Crippen LogP) is 3.28. The van der Waals surface area contributed by atoms with Crippen molar-refractivity contribution in [2.45, 2.75) is 6.10 Å². The van der Waals surface area contributed by atoms with Crippen molar-refractivity contribution in [1.29, 1.82) is 0 Å². The molecule has 3 nitrogen and oxygen atoms in total. The molecule has 1 unspecified atom stereocenters. The highest BCUT2D eigenvalue weighted by Gasteiger charge is 2.10. The number of rotatable bonds is 3. The molecule has 104 valence electrons. The third-order valence-corrected chi connectivity index (χ3v) is 3.42. The lowest BCUT2D eigenvalue weighted by Crippen LogP contribution is -2.26. The second-order valence-electron chi connectivity index (χ2n) is 4.82. The quantitative estimate of drug-likeness (QED) is 0.856. The van der Waals surface area contributed by atoms with E-state index in [1.165, 1.54) is 10.8 Å². The van der Waals surface area contributed by atoms with Gasteiger partial charge in [0.2, 0.25) is 0 Å². The number of ether oxygens (including phenoxy) is 3. The lowest BCUT2D eigenvalue weighted by Gasteiger charge is -2.19. The van der Waals surface area contributed by atoms with Gasteiger partial charge in [0.25, 0.3) is 0 Å². The molecule has 0 bridgehead atoms. The normalized spacial score (nSPS) is 19.6. The van der Waals surface area contributed by atoms with Gasteiger partial charge in [-0.25, -0.2) is 0 Å². The Morgan fingerprint density at radius 1 is 1.10 bits per heavy atom. The first-order valence-corrected chi connectivity index (χ1v) is 6.80. The first-order valence-electron chi connectivity index (χ1n) is 6.80. The van der Waals surface area contributed by atoms with Gasteiger partial charge in [0.05, 0.1) is 33.0 Å². The molecule has 0 N–H and O–H groups in total. The summed E-state index contributed by atoms with van der Waals surface area (Å²) in [7, 11) is 1.69. The molecule has 3 rings (SSSR count). The Morgan fingerprint density at radius 3 is 2.75 bits per heavy atom. The van der Waals surface area contributed by atoms with Crippen LogP contribution in [0.4, 0.5) is 0 Å². The third-order valence-electron chi connectivity index (χ3n) is 3.42. The summed E-state index contributed by atoms with van der Waals surface area (Å²) in [5.41, 5.74) is 1.16. The molecular weight excluding hydrogens is 252 g/mol. The van der Waals surface area contributed by atoms with Crippen LogP contribution in [0.25, 0.3) is 16.8 Å². The van der Waals surface area contributed by atoms with Gasteiger partial charge in [0.1, 0.15) is 5.75 Å². The smallest absolute Gasteiger partial charge is 0.119 e. The van der Waals surface area contributed by atoms with Gasteiger partial charge in [-0.15, -0.1) is 0 Å². The van der Waals surface area contributed by atoms with Crippen LogP contribution >= 0.6 is 0 Å². The van der Waals surface area contributed by atoms with Crippen molar-refractivity contribution < 1.29 is 14.2 Å². The number of benzene rings is 2. The predicted molar refractivity (Wildman–Crippen MR) is 80.1 cm³/mol. The summed E-state index contributed by atoms with van der Waals surface area (Å²) < 4.78 is 16.2. The zero-order chi connectivity index (χ0) is 13.8. The van der Waals surface area contributed by atoms with Crippen LogP contribution in [-0.2, 0) is 9.47 Å². The third kappa shape index (κ3) is 3.00. The summed E-state index contributed by atoms with van der Waals surface area (Å²) >= 11 is 0. The summed E-state index contributed by atoms with van der Waals surface area (Å²) in [6.07, 6.45) is 4.21. The van der Waals surface area contributed by atoms with Gasteiger partial charge >= 0.3 is 0 Å². The van der Waals surface area contributed by atoms with Gasteiger partial charge < -0.3 is 14.2 Å². The largest absolute Gasteiger partial charge is 0.497 e. The molecule has 2 aromatic carbocycles. The molecule has 3 heteroatoms. The Kier molecular flexibility index (Phi) is 4.00. The molecule has 20 heavy (non-hydrogen) atoms. The Hall–Kier alpha value is -1.84.